The normalized spacial score (nSPS) is 18.1. The SMILES string of the molecule is O=C(NC1(C(=O)Nc2ccc(N3CCOCC3=O)c(Cl)c2)CCCC1)c1ccc(Br)s1. The molecule has 31 heavy (non-hydrogen) atoms. The summed E-state index contributed by atoms with van der Waals surface area (Å²) < 4.78 is 6.01. The average Bonchev–Trinajstić information content (AvgIpc) is 3.39. The summed E-state index contributed by atoms with van der Waals surface area (Å²) in [5.74, 6) is -0.676. The minimum atomic E-state index is -0.959. The van der Waals surface area contributed by atoms with Gasteiger partial charge in [-0.2, -0.15) is 0 Å². The molecule has 0 radical (unpaired) electrons. The Morgan fingerprint density at radius 3 is 2.61 bits per heavy atom. The summed E-state index contributed by atoms with van der Waals surface area (Å²) in [5.41, 5.74) is 0.137. The number of nitrogens with zero attached hydrogens (tertiary/aromatic N) is 1. The third-order valence-electron chi connectivity index (χ3n) is 5.52. The van der Waals surface area contributed by atoms with Gasteiger partial charge in [0.05, 0.1) is 26.0 Å². The lowest BCUT2D eigenvalue weighted by molar-refractivity contribution is -0.125. The van der Waals surface area contributed by atoms with Gasteiger partial charge in [0.25, 0.3) is 11.8 Å². The van der Waals surface area contributed by atoms with Crippen LogP contribution in [-0.2, 0) is 14.3 Å². The summed E-state index contributed by atoms with van der Waals surface area (Å²) in [7, 11) is 0. The minimum Gasteiger partial charge on any atom is -0.370 e. The molecule has 164 valence electrons. The maximum atomic E-state index is 13.2. The van der Waals surface area contributed by atoms with Crippen LogP contribution in [0.25, 0.3) is 0 Å². The van der Waals surface area contributed by atoms with Crippen molar-refractivity contribution in [2.75, 3.05) is 30.0 Å². The zero-order valence-corrected chi connectivity index (χ0v) is 19.7. The third kappa shape index (κ3) is 4.79. The molecule has 1 aliphatic heterocycles. The third-order valence-corrected chi connectivity index (χ3v) is 7.45. The highest BCUT2D eigenvalue weighted by atomic mass is 79.9. The van der Waals surface area contributed by atoms with Crippen LogP contribution in [0.5, 0.6) is 0 Å². The molecule has 1 saturated carbocycles. The molecule has 1 aliphatic carbocycles. The molecule has 1 saturated heterocycles. The minimum absolute atomic E-state index is 0.0256. The van der Waals surface area contributed by atoms with Crippen LogP contribution in [-0.4, -0.2) is 43.0 Å². The Hall–Kier alpha value is -1.94. The van der Waals surface area contributed by atoms with Crippen molar-refractivity contribution in [2.45, 2.75) is 31.2 Å². The molecule has 3 amide bonds. The fraction of sp³-hybridized carbons (Fsp3) is 0.381. The number of benzene rings is 1. The first-order chi connectivity index (χ1) is 14.9. The Balaban J connectivity index is 1.49. The first kappa shape index (κ1) is 22.3. The van der Waals surface area contributed by atoms with Crippen LogP contribution in [0.15, 0.2) is 34.1 Å². The largest absolute Gasteiger partial charge is 0.370 e. The number of carbonyl (C=O) groups is 3. The summed E-state index contributed by atoms with van der Waals surface area (Å²) in [6.07, 6.45) is 2.87. The number of hydrogen-bond acceptors (Lipinski definition) is 5. The molecule has 2 fully saturated rings. The highest BCUT2D eigenvalue weighted by Gasteiger charge is 2.43. The van der Waals surface area contributed by atoms with Gasteiger partial charge in [0, 0.05) is 12.2 Å². The number of rotatable bonds is 5. The average molecular weight is 527 g/mol. The van der Waals surface area contributed by atoms with Crippen molar-refractivity contribution in [3.63, 3.8) is 0 Å². The van der Waals surface area contributed by atoms with Gasteiger partial charge >= 0.3 is 0 Å². The van der Waals surface area contributed by atoms with E-state index in [1.54, 1.807) is 29.2 Å². The van der Waals surface area contributed by atoms with Crippen molar-refractivity contribution in [3.8, 4) is 0 Å². The van der Waals surface area contributed by atoms with Gasteiger partial charge in [0.2, 0.25) is 5.91 Å². The number of hydrogen-bond donors (Lipinski definition) is 2. The highest BCUT2D eigenvalue weighted by Crippen LogP contribution is 2.34. The van der Waals surface area contributed by atoms with Gasteiger partial charge in [-0.3, -0.25) is 14.4 Å². The Morgan fingerprint density at radius 1 is 1.19 bits per heavy atom. The zero-order chi connectivity index (χ0) is 22.0. The van der Waals surface area contributed by atoms with Crippen molar-refractivity contribution in [3.05, 3.63) is 44.0 Å². The van der Waals surface area contributed by atoms with Gasteiger partial charge in [-0.15, -0.1) is 11.3 Å². The van der Waals surface area contributed by atoms with Crippen LogP contribution in [0.3, 0.4) is 0 Å². The predicted molar refractivity (Wildman–Crippen MR) is 124 cm³/mol. The fourth-order valence-corrected chi connectivity index (χ4v) is 5.49. The lowest BCUT2D eigenvalue weighted by Crippen LogP contribution is -2.54. The van der Waals surface area contributed by atoms with Gasteiger partial charge in [-0.25, -0.2) is 0 Å². The van der Waals surface area contributed by atoms with Crippen molar-refractivity contribution >= 4 is 68.0 Å². The van der Waals surface area contributed by atoms with E-state index in [2.05, 4.69) is 26.6 Å². The van der Waals surface area contributed by atoms with E-state index in [1.165, 1.54) is 11.3 Å². The van der Waals surface area contributed by atoms with Crippen LogP contribution >= 0.6 is 38.9 Å². The Bertz CT molecular complexity index is 1020. The maximum Gasteiger partial charge on any atom is 0.262 e. The van der Waals surface area contributed by atoms with E-state index < -0.39 is 5.54 Å². The molecule has 2 aliphatic rings. The van der Waals surface area contributed by atoms with Crippen LogP contribution in [0.4, 0.5) is 11.4 Å². The number of carbonyl (C=O) groups excluding carboxylic acids is 3. The van der Waals surface area contributed by atoms with E-state index >= 15 is 0 Å². The van der Waals surface area contributed by atoms with E-state index in [4.69, 9.17) is 16.3 Å². The fourth-order valence-electron chi connectivity index (χ4n) is 3.93. The molecular weight excluding hydrogens is 506 g/mol. The van der Waals surface area contributed by atoms with Gasteiger partial charge in [-0.1, -0.05) is 24.4 Å². The molecule has 10 heteroatoms. The van der Waals surface area contributed by atoms with Crippen molar-refractivity contribution in [1.29, 1.82) is 0 Å². The van der Waals surface area contributed by atoms with Crippen molar-refractivity contribution in [2.24, 2.45) is 0 Å². The molecule has 7 nitrogen and oxygen atoms in total. The standard InChI is InChI=1S/C21H21BrClN3O4S/c22-17-6-5-16(31-17)19(28)25-21(7-1-2-8-21)20(29)24-13-3-4-15(14(23)11-13)26-9-10-30-12-18(26)27/h3-6,11H,1-2,7-10,12H2,(H,24,29)(H,25,28). The maximum absolute atomic E-state index is 13.2. The number of amides is 3. The zero-order valence-electron chi connectivity index (χ0n) is 16.6. The lowest BCUT2D eigenvalue weighted by atomic mass is 9.95. The van der Waals surface area contributed by atoms with Gasteiger partial charge in [-0.05, 0) is 59.1 Å². The molecule has 2 heterocycles. The second-order valence-corrected chi connectivity index (χ2v) is 10.4. The molecule has 4 rings (SSSR count). The smallest absolute Gasteiger partial charge is 0.262 e. The molecule has 1 aromatic carbocycles. The van der Waals surface area contributed by atoms with Crippen LogP contribution in [0, 0.1) is 0 Å². The summed E-state index contributed by atoms with van der Waals surface area (Å²) in [4.78, 5) is 40.1. The number of anilines is 2. The van der Waals surface area contributed by atoms with E-state index in [-0.39, 0.29) is 24.3 Å². The predicted octanol–water partition coefficient (Wildman–Crippen LogP) is 4.21. The first-order valence-electron chi connectivity index (χ1n) is 9.95. The molecule has 0 unspecified atom stereocenters. The van der Waals surface area contributed by atoms with Crippen LogP contribution < -0.4 is 15.5 Å². The summed E-state index contributed by atoms with van der Waals surface area (Å²) in [6.45, 7) is 0.902. The Morgan fingerprint density at radius 2 is 1.97 bits per heavy atom. The van der Waals surface area contributed by atoms with Gasteiger partial charge in [0.1, 0.15) is 12.1 Å². The molecule has 0 bridgehead atoms. The lowest BCUT2D eigenvalue weighted by Gasteiger charge is -2.29. The Kier molecular flexibility index (Phi) is 6.66. The topological polar surface area (TPSA) is 87.7 Å². The summed E-state index contributed by atoms with van der Waals surface area (Å²) in [6, 6.07) is 8.59. The molecule has 2 N–H and O–H groups in total. The molecule has 0 atom stereocenters. The molecule has 0 spiro atoms. The van der Waals surface area contributed by atoms with Crippen LogP contribution in [0.1, 0.15) is 35.4 Å². The molecular formula is C21H21BrClN3O4S. The number of halogens is 2. The Labute approximate surface area is 197 Å². The van der Waals surface area contributed by atoms with E-state index in [1.807, 2.05) is 6.07 Å². The number of ether oxygens (including phenoxy) is 1. The van der Waals surface area contributed by atoms with Crippen molar-refractivity contribution in [1.82, 2.24) is 5.32 Å². The summed E-state index contributed by atoms with van der Waals surface area (Å²) >= 11 is 11.1. The van der Waals surface area contributed by atoms with E-state index in [0.29, 0.717) is 47.3 Å². The quantitative estimate of drug-likeness (QED) is 0.611. The van der Waals surface area contributed by atoms with E-state index in [0.717, 1.165) is 16.6 Å². The number of morpholine rings is 1. The number of nitrogens with one attached hydrogen (secondary N) is 2. The second kappa shape index (κ2) is 9.28. The highest BCUT2D eigenvalue weighted by molar-refractivity contribution is 9.11. The molecule has 2 aromatic rings. The van der Waals surface area contributed by atoms with Crippen molar-refractivity contribution < 1.29 is 19.1 Å². The second-order valence-electron chi connectivity index (χ2n) is 7.57. The summed E-state index contributed by atoms with van der Waals surface area (Å²) in [5, 5.41) is 6.22. The molecule has 1 aromatic heterocycles. The monoisotopic (exact) mass is 525 g/mol. The first-order valence-corrected chi connectivity index (χ1v) is 11.9. The number of thiophene rings is 1. The van der Waals surface area contributed by atoms with E-state index in [9.17, 15) is 14.4 Å². The van der Waals surface area contributed by atoms with Gasteiger partial charge < -0.3 is 20.3 Å². The van der Waals surface area contributed by atoms with Crippen LogP contribution in [0.2, 0.25) is 5.02 Å². The van der Waals surface area contributed by atoms with Gasteiger partial charge in [0.15, 0.2) is 0 Å².